The average Bonchev–Trinajstić information content (AvgIpc) is 2.60. The Morgan fingerprint density at radius 1 is 0.920 bits per heavy atom. The Morgan fingerprint density at radius 3 is 2.24 bits per heavy atom. The van der Waals surface area contributed by atoms with E-state index >= 15 is 0 Å². The number of anilines is 1. The van der Waals surface area contributed by atoms with Gasteiger partial charge in [-0.3, -0.25) is 0 Å². The highest BCUT2D eigenvalue weighted by Gasteiger charge is 2.29. The smallest absolute Gasteiger partial charge is 0.243 e. The van der Waals surface area contributed by atoms with Crippen LogP contribution in [0.5, 0.6) is 0 Å². The Labute approximate surface area is 158 Å². The number of aryl methyl sites for hydroxylation is 2. The van der Waals surface area contributed by atoms with E-state index in [0.717, 1.165) is 10.0 Å². The van der Waals surface area contributed by atoms with Gasteiger partial charge in [0.2, 0.25) is 10.0 Å². The largest absolute Gasteiger partial charge is 0.369 e. The minimum atomic E-state index is -3.44. The van der Waals surface area contributed by atoms with Gasteiger partial charge in [-0.25, -0.2) is 8.42 Å². The van der Waals surface area contributed by atoms with Crippen LogP contribution in [0.1, 0.15) is 16.7 Å². The van der Waals surface area contributed by atoms with Gasteiger partial charge < -0.3 is 4.90 Å². The summed E-state index contributed by atoms with van der Waals surface area (Å²) in [6, 6.07) is 11.5. The lowest BCUT2D eigenvalue weighted by Gasteiger charge is -2.36. The van der Waals surface area contributed by atoms with Crippen LogP contribution in [0, 0.1) is 20.8 Å². The minimum absolute atomic E-state index is 0.369. The van der Waals surface area contributed by atoms with Gasteiger partial charge in [-0.05, 0) is 61.7 Å². The van der Waals surface area contributed by atoms with Crippen molar-refractivity contribution in [3.63, 3.8) is 0 Å². The van der Waals surface area contributed by atoms with Crippen LogP contribution in [0.3, 0.4) is 0 Å². The second kappa shape index (κ2) is 7.09. The van der Waals surface area contributed by atoms with E-state index in [2.05, 4.69) is 52.9 Å². The molecule has 0 radical (unpaired) electrons. The molecule has 0 N–H and O–H groups in total. The normalized spacial score (nSPS) is 16.2. The summed E-state index contributed by atoms with van der Waals surface area (Å²) in [5.74, 6) is 0. The fraction of sp³-hybridized carbons (Fsp3) is 0.368. The lowest BCUT2D eigenvalue weighted by molar-refractivity contribution is 0.384. The first-order valence-electron chi connectivity index (χ1n) is 8.38. The van der Waals surface area contributed by atoms with E-state index in [0.29, 0.717) is 31.1 Å². The maximum Gasteiger partial charge on any atom is 0.243 e. The standard InChI is InChI=1S/C19H23BrN2O2S/c1-14-5-4-6-19(16(14)3)21-9-11-22(12-10-21)25(23,24)17-7-8-18(20)15(2)13-17/h4-8,13H,9-12H2,1-3H3. The van der Waals surface area contributed by atoms with Crippen LogP contribution >= 0.6 is 15.9 Å². The molecular weight excluding hydrogens is 400 g/mol. The van der Waals surface area contributed by atoms with E-state index in [1.807, 2.05) is 6.92 Å². The van der Waals surface area contributed by atoms with Gasteiger partial charge >= 0.3 is 0 Å². The van der Waals surface area contributed by atoms with Crippen molar-refractivity contribution >= 4 is 31.6 Å². The molecule has 2 aromatic carbocycles. The summed E-state index contributed by atoms with van der Waals surface area (Å²) in [6.07, 6.45) is 0. The SMILES string of the molecule is Cc1cc(S(=O)(=O)N2CCN(c3cccc(C)c3C)CC2)ccc1Br. The van der Waals surface area contributed by atoms with Crippen molar-refractivity contribution in [1.29, 1.82) is 0 Å². The van der Waals surface area contributed by atoms with Gasteiger partial charge in [-0.1, -0.05) is 28.1 Å². The zero-order valence-corrected chi connectivity index (χ0v) is 17.2. The third kappa shape index (κ3) is 3.61. The third-order valence-corrected chi connectivity index (χ3v) is 7.71. The van der Waals surface area contributed by atoms with Crippen LogP contribution in [0.25, 0.3) is 0 Å². The Morgan fingerprint density at radius 2 is 1.60 bits per heavy atom. The number of rotatable bonds is 3. The van der Waals surface area contributed by atoms with Crippen molar-refractivity contribution in [2.45, 2.75) is 25.7 Å². The van der Waals surface area contributed by atoms with E-state index in [4.69, 9.17) is 0 Å². The number of sulfonamides is 1. The highest BCUT2D eigenvalue weighted by Crippen LogP contribution is 2.27. The molecule has 1 fully saturated rings. The zero-order chi connectivity index (χ0) is 18.2. The van der Waals surface area contributed by atoms with E-state index < -0.39 is 10.0 Å². The lowest BCUT2D eigenvalue weighted by atomic mass is 10.1. The number of hydrogen-bond donors (Lipinski definition) is 0. The van der Waals surface area contributed by atoms with Crippen LogP contribution in [0.15, 0.2) is 45.8 Å². The molecule has 1 aliphatic heterocycles. The molecule has 4 nitrogen and oxygen atoms in total. The molecule has 1 aliphatic rings. The van der Waals surface area contributed by atoms with Crippen molar-refractivity contribution < 1.29 is 8.42 Å². The van der Waals surface area contributed by atoms with Crippen LogP contribution in [0.4, 0.5) is 5.69 Å². The van der Waals surface area contributed by atoms with Crippen molar-refractivity contribution in [2.75, 3.05) is 31.1 Å². The number of nitrogens with zero attached hydrogens (tertiary/aromatic N) is 2. The molecule has 1 saturated heterocycles. The first kappa shape index (κ1) is 18.4. The summed E-state index contributed by atoms with van der Waals surface area (Å²) in [7, 11) is -3.44. The summed E-state index contributed by atoms with van der Waals surface area (Å²) in [5.41, 5.74) is 4.66. The number of hydrogen-bond acceptors (Lipinski definition) is 3. The maximum atomic E-state index is 12.9. The molecular formula is C19H23BrN2O2S. The Kier molecular flexibility index (Phi) is 5.23. The topological polar surface area (TPSA) is 40.6 Å². The highest BCUT2D eigenvalue weighted by molar-refractivity contribution is 9.10. The van der Waals surface area contributed by atoms with Gasteiger partial charge in [0.25, 0.3) is 0 Å². The molecule has 0 atom stereocenters. The number of benzene rings is 2. The molecule has 0 saturated carbocycles. The van der Waals surface area contributed by atoms with Gasteiger partial charge in [0.1, 0.15) is 0 Å². The molecule has 0 aliphatic carbocycles. The van der Waals surface area contributed by atoms with E-state index in [1.54, 1.807) is 22.5 Å². The molecule has 0 unspecified atom stereocenters. The number of piperazine rings is 1. The van der Waals surface area contributed by atoms with Crippen molar-refractivity contribution in [1.82, 2.24) is 4.31 Å². The van der Waals surface area contributed by atoms with E-state index in [-0.39, 0.29) is 0 Å². The third-order valence-electron chi connectivity index (χ3n) is 4.92. The summed E-state index contributed by atoms with van der Waals surface area (Å²) in [5, 5.41) is 0. The van der Waals surface area contributed by atoms with Crippen molar-refractivity contribution in [2.24, 2.45) is 0 Å². The molecule has 25 heavy (non-hydrogen) atoms. The molecule has 0 aromatic heterocycles. The molecule has 0 bridgehead atoms. The lowest BCUT2D eigenvalue weighted by Crippen LogP contribution is -2.48. The number of halogens is 1. The summed E-state index contributed by atoms with van der Waals surface area (Å²) in [4.78, 5) is 2.65. The maximum absolute atomic E-state index is 12.9. The summed E-state index contributed by atoms with van der Waals surface area (Å²) < 4.78 is 28.3. The van der Waals surface area contributed by atoms with Crippen LogP contribution < -0.4 is 4.90 Å². The molecule has 6 heteroatoms. The van der Waals surface area contributed by atoms with Gasteiger partial charge in [0.15, 0.2) is 0 Å². The predicted octanol–water partition coefficient (Wildman–Crippen LogP) is 3.89. The zero-order valence-electron chi connectivity index (χ0n) is 14.8. The minimum Gasteiger partial charge on any atom is -0.369 e. The average molecular weight is 423 g/mol. The molecule has 134 valence electrons. The molecule has 0 spiro atoms. The second-order valence-corrected chi connectivity index (χ2v) is 9.31. The van der Waals surface area contributed by atoms with Gasteiger partial charge in [0.05, 0.1) is 4.90 Å². The van der Waals surface area contributed by atoms with Crippen LogP contribution in [0.2, 0.25) is 0 Å². The quantitative estimate of drug-likeness (QED) is 0.752. The summed E-state index contributed by atoms with van der Waals surface area (Å²) in [6.45, 7) is 8.56. The van der Waals surface area contributed by atoms with E-state index in [9.17, 15) is 8.42 Å². The molecule has 1 heterocycles. The first-order chi connectivity index (χ1) is 11.8. The van der Waals surface area contributed by atoms with Gasteiger partial charge in [-0.15, -0.1) is 0 Å². The Hall–Kier alpha value is -1.37. The molecule has 0 amide bonds. The van der Waals surface area contributed by atoms with Crippen molar-refractivity contribution in [3.8, 4) is 0 Å². The first-order valence-corrected chi connectivity index (χ1v) is 10.6. The van der Waals surface area contributed by atoms with Crippen molar-refractivity contribution in [3.05, 3.63) is 57.6 Å². The highest BCUT2D eigenvalue weighted by atomic mass is 79.9. The fourth-order valence-electron chi connectivity index (χ4n) is 3.17. The second-order valence-electron chi connectivity index (χ2n) is 6.52. The van der Waals surface area contributed by atoms with Crippen LogP contribution in [-0.2, 0) is 10.0 Å². The molecule has 2 aromatic rings. The Bertz CT molecular complexity index is 888. The molecule has 3 rings (SSSR count). The fourth-order valence-corrected chi connectivity index (χ4v) is 4.93. The van der Waals surface area contributed by atoms with Gasteiger partial charge in [-0.2, -0.15) is 4.31 Å². The monoisotopic (exact) mass is 422 g/mol. The summed E-state index contributed by atoms with van der Waals surface area (Å²) >= 11 is 3.42. The van der Waals surface area contributed by atoms with Crippen LogP contribution in [-0.4, -0.2) is 38.9 Å². The van der Waals surface area contributed by atoms with Gasteiger partial charge in [0, 0.05) is 36.3 Å². The Balaban J connectivity index is 1.77. The van der Waals surface area contributed by atoms with E-state index in [1.165, 1.54) is 16.8 Å². The predicted molar refractivity (Wildman–Crippen MR) is 106 cm³/mol.